The van der Waals surface area contributed by atoms with Gasteiger partial charge in [0.15, 0.2) is 0 Å². The zero-order valence-corrected chi connectivity index (χ0v) is 14.3. The van der Waals surface area contributed by atoms with E-state index in [1.807, 2.05) is 57.7 Å². The molecule has 7 nitrogen and oxygen atoms in total. The Bertz CT molecular complexity index is 1070. The molecule has 0 aliphatic rings. The SMILES string of the molecule is Cc1cnc(Nc2cn(C)nc2C)nc1-c1c[nH]c2c(N)cccc12. The van der Waals surface area contributed by atoms with Gasteiger partial charge in [0.1, 0.15) is 0 Å². The molecule has 1 aromatic carbocycles. The third-order valence-corrected chi connectivity index (χ3v) is 4.23. The fraction of sp³-hybridized carbons (Fsp3) is 0.167. The molecule has 0 atom stereocenters. The first-order valence-corrected chi connectivity index (χ1v) is 8.00. The molecule has 4 rings (SSSR count). The summed E-state index contributed by atoms with van der Waals surface area (Å²) >= 11 is 0. The molecule has 3 aromatic heterocycles. The minimum absolute atomic E-state index is 0.537. The van der Waals surface area contributed by atoms with Gasteiger partial charge in [0, 0.05) is 36.6 Å². The van der Waals surface area contributed by atoms with Crippen molar-refractivity contribution in [2.45, 2.75) is 13.8 Å². The van der Waals surface area contributed by atoms with E-state index in [4.69, 9.17) is 10.7 Å². The predicted molar refractivity (Wildman–Crippen MR) is 99.7 cm³/mol. The number of hydrogen-bond donors (Lipinski definition) is 3. The van der Waals surface area contributed by atoms with Gasteiger partial charge in [-0.3, -0.25) is 4.68 Å². The molecule has 0 bridgehead atoms. The molecule has 3 heterocycles. The third kappa shape index (κ3) is 2.59. The maximum atomic E-state index is 6.05. The van der Waals surface area contributed by atoms with E-state index in [0.717, 1.165) is 44.8 Å². The van der Waals surface area contributed by atoms with E-state index in [1.165, 1.54) is 0 Å². The van der Waals surface area contributed by atoms with E-state index in [1.54, 1.807) is 4.68 Å². The van der Waals surface area contributed by atoms with Crippen molar-refractivity contribution in [1.29, 1.82) is 0 Å². The number of benzene rings is 1. The largest absolute Gasteiger partial charge is 0.397 e. The number of rotatable bonds is 3. The van der Waals surface area contributed by atoms with Crippen molar-refractivity contribution < 1.29 is 0 Å². The third-order valence-electron chi connectivity index (χ3n) is 4.23. The van der Waals surface area contributed by atoms with Gasteiger partial charge < -0.3 is 16.0 Å². The van der Waals surface area contributed by atoms with Gasteiger partial charge in [0.05, 0.1) is 28.3 Å². The molecule has 0 spiro atoms. The second-order valence-corrected chi connectivity index (χ2v) is 6.12. The topological polar surface area (TPSA) is 97.4 Å². The molecule has 7 heteroatoms. The summed E-state index contributed by atoms with van der Waals surface area (Å²) < 4.78 is 1.76. The lowest BCUT2D eigenvalue weighted by atomic mass is 10.1. The average Bonchev–Trinajstić information content (AvgIpc) is 3.13. The Hall–Kier alpha value is -3.35. The van der Waals surface area contributed by atoms with Gasteiger partial charge in [-0.25, -0.2) is 9.97 Å². The Labute approximate surface area is 144 Å². The van der Waals surface area contributed by atoms with Gasteiger partial charge in [-0.05, 0) is 25.5 Å². The Kier molecular flexibility index (Phi) is 3.42. The average molecular weight is 333 g/mol. The number of anilines is 3. The fourth-order valence-electron chi connectivity index (χ4n) is 2.99. The number of hydrogen-bond acceptors (Lipinski definition) is 5. The molecule has 0 radical (unpaired) electrons. The van der Waals surface area contributed by atoms with E-state index in [2.05, 4.69) is 20.4 Å². The summed E-state index contributed by atoms with van der Waals surface area (Å²) in [7, 11) is 1.88. The molecular weight excluding hydrogens is 314 g/mol. The van der Waals surface area contributed by atoms with Gasteiger partial charge >= 0.3 is 0 Å². The Balaban J connectivity index is 1.79. The number of para-hydroxylation sites is 1. The second-order valence-electron chi connectivity index (χ2n) is 6.12. The summed E-state index contributed by atoms with van der Waals surface area (Å²) in [6, 6.07) is 5.87. The summed E-state index contributed by atoms with van der Waals surface area (Å²) in [5.41, 5.74) is 12.4. The first kappa shape index (κ1) is 15.2. The van der Waals surface area contributed by atoms with E-state index < -0.39 is 0 Å². The van der Waals surface area contributed by atoms with Crippen LogP contribution < -0.4 is 11.1 Å². The predicted octanol–water partition coefficient (Wildman–Crippen LogP) is 3.30. The molecule has 25 heavy (non-hydrogen) atoms. The van der Waals surface area contributed by atoms with Crippen molar-refractivity contribution >= 4 is 28.2 Å². The van der Waals surface area contributed by atoms with Crippen molar-refractivity contribution in [1.82, 2.24) is 24.7 Å². The summed E-state index contributed by atoms with van der Waals surface area (Å²) in [5.74, 6) is 0.537. The normalized spacial score (nSPS) is 11.2. The van der Waals surface area contributed by atoms with Crippen molar-refractivity contribution in [3.8, 4) is 11.3 Å². The summed E-state index contributed by atoms with van der Waals surface area (Å²) in [4.78, 5) is 12.4. The lowest BCUT2D eigenvalue weighted by molar-refractivity contribution is 0.756. The fourth-order valence-corrected chi connectivity index (χ4v) is 2.99. The molecule has 126 valence electrons. The highest BCUT2D eigenvalue weighted by atomic mass is 15.3. The number of nitrogen functional groups attached to an aromatic ring is 1. The van der Waals surface area contributed by atoms with Crippen LogP contribution in [0.4, 0.5) is 17.3 Å². The van der Waals surface area contributed by atoms with Crippen molar-refractivity contribution in [3.63, 3.8) is 0 Å². The van der Waals surface area contributed by atoms with E-state index >= 15 is 0 Å². The van der Waals surface area contributed by atoms with Crippen LogP contribution in [-0.4, -0.2) is 24.7 Å². The number of fused-ring (bicyclic) bond motifs is 1. The highest BCUT2D eigenvalue weighted by molar-refractivity contribution is 6.00. The zero-order valence-electron chi connectivity index (χ0n) is 14.3. The Morgan fingerprint density at radius 3 is 2.84 bits per heavy atom. The van der Waals surface area contributed by atoms with Crippen LogP contribution in [0.3, 0.4) is 0 Å². The maximum absolute atomic E-state index is 6.05. The van der Waals surface area contributed by atoms with E-state index in [-0.39, 0.29) is 0 Å². The summed E-state index contributed by atoms with van der Waals surface area (Å²) in [5, 5.41) is 8.62. The molecule has 0 aliphatic carbocycles. The number of aryl methyl sites for hydroxylation is 3. The van der Waals surface area contributed by atoms with Gasteiger partial charge in [0.25, 0.3) is 0 Å². The van der Waals surface area contributed by atoms with Gasteiger partial charge in [-0.1, -0.05) is 12.1 Å². The van der Waals surface area contributed by atoms with Crippen LogP contribution in [-0.2, 0) is 7.05 Å². The van der Waals surface area contributed by atoms with Crippen LogP contribution in [0.15, 0.2) is 36.8 Å². The maximum Gasteiger partial charge on any atom is 0.227 e. The molecule has 0 aliphatic heterocycles. The lowest BCUT2D eigenvalue weighted by Crippen LogP contribution is -2.00. The van der Waals surface area contributed by atoms with Gasteiger partial charge in [0.2, 0.25) is 5.95 Å². The van der Waals surface area contributed by atoms with Crippen LogP contribution in [0, 0.1) is 13.8 Å². The van der Waals surface area contributed by atoms with Crippen LogP contribution in [0.1, 0.15) is 11.3 Å². The van der Waals surface area contributed by atoms with E-state index in [0.29, 0.717) is 5.95 Å². The molecule has 0 amide bonds. The lowest BCUT2D eigenvalue weighted by Gasteiger charge is -2.08. The number of nitrogens with zero attached hydrogens (tertiary/aromatic N) is 4. The molecular formula is C18H19N7. The van der Waals surface area contributed by atoms with Crippen molar-refractivity contribution in [3.05, 3.63) is 48.0 Å². The molecule has 0 saturated carbocycles. The number of nitrogens with two attached hydrogens (primary N) is 1. The minimum atomic E-state index is 0.537. The van der Waals surface area contributed by atoms with Crippen molar-refractivity contribution in [2.75, 3.05) is 11.1 Å². The van der Waals surface area contributed by atoms with Gasteiger partial charge in [-0.15, -0.1) is 0 Å². The number of nitrogens with one attached hydrogen (secondary N) is 2. The smallest absolute Gasteiger partial charge is 0.227 e. The monoisotopic (exact) mass is 333 g/mol. The van der Waals surface area contributed by atoms with Crippen LogP contribution >= 0.6 is 0 Å². The van der Waals surface area contributed by atoms with Crippen molar-refractivity contribution in [2.24, 2.45) is 7.05 Å². The summed E-state index contributed by atoms with van der Waals surface area (Å²) in [6.45, 7) is 3.94. The minimum Gasteiger partial charge on any atom is -0.397 e. The van der Waals surface area contributed by atoms with Gasteiger partial charge in [-0.2, -0.15) is 5.10 Å². The molecule has 0 unspecified atom stereocenters. The Morgan fingerprint density at radius 1 is 1.24 bits per heavy atom. The van der Waals surface area contributed by atoms with Crippen LogP contribution in [0.25, 0.3) is 22.2 Å². The molecule has 0 saturated heterocycles. The highest BCUT2D eigenvalue weighted by Crippen LogP contribution is 2.32. The molecule has 0 fully saturated rings. The number of aromatic amines is 1. The second kappa shape index (κ2) is 5.62. The first-order chi connectivity index (χ1) is 12.0. The number of aromatic nitrogens is 5. The van der Waals surface area contributed by atoms with E-state index in [9.17, 15) is 0 Å². The van der Waals surface area contributed by atoms with Crippen LogP contribution in [0.2, 0.25) is 0 Å². The first-order valence-electron chi connectivity index (χ1n) is 8.00. The van der Waals surface area contributed by atoms with Crippen LogP contribution in [0.5, 0.6) is 0 Å². The summed E-state index contributed by atoms with van der Waals surface area (Å²) in [6.07, 6.45) is 5.67. The molecule has 4 aromatic rings. The zero-order chi connectivity index (χ0) is 17.6. The quantitative estimate of drug-likeness (QED) is 0.500. The highest BCUT2D eigenvalue weighted by Gasteiger charge is 2.13. The standard InChI is InChI=1S/C18H19N7/c1-10-7-21-18(22-15-9-25(3)24-11(15)2)23-16(10)13-8-20-17-12(13)5-4-6-14(17)19/h4-9,20H,19H2,1-3H3,(H,21,22,23). The Morgan fingerprint density at radius 2 is 2.08 bits per heavy atom. The molecule has 4 N–H and O–H groups in total. The number of H-pyrrole nitrogens is 1.